The lowest BCUT2D eigenvalue weighted by molar-refractivity contribution is -0.123. The first-order chi connectivity index (χ1) is 12.7. The number of halogens is 1. The smallest absolute Gasteiger partial charge is 0.228 e. The van der Waals surface area contributed by atoms with Gasteiger partial charge >= 0.3 is 0 Å². The van der Waals surface area contributed by atoms with Crippen LogP contribution in [0.15, 0.2) is 66.0 Å². The molecule has 0 aliphatic heterocycles. The number of amides is 1. The van der Waals surface area contributed by atoms with Gasteiger partial charge in [-0.05, 0) is 59.5 Å². The minimum absolute atomic E-state index is 0.0416. The lowest BCUT2D eigenvalue weighted by Gasteiger charge is -2.27. The molecule has 0 bridgehead atoms. The molecule has 4 heteroatoms. The van der Waals surface area contributed by atoms with Gasteiger partial charge in [-0.15, -0.1) is 11.3 Å². The molecule has 0 unspecified atom stereocenters. The van der Waals surface area contributed by atoms with Crippen LogP contribution in [0.25, 0.3) is 0 Å². The Bertz CT molecular complexity index is 889. The Balaban J connectivity index is 1.62. The van der Waals surface area contributed by atoms with Crippen molar-refractivity contribution in [1.29, 1.82) is 0 Å². The SMILES string of the molecule is O=C(N[C@H](c1ccc(F)cc1)c1cccs1)[C@H]1CCCc2ccccc21. The highest BCUT2D eigenvalue weighted by Gasteiger charge is 2.28. The van der Waals surface area contributed by atoms with Crippen molar-refractivity contribution in [2.45, 2.75) is 31.2 Å². The summed E-state index contributed by atoms with van der Waals surface area (Å²) < 4.78 is 13.3. The van der Waals surface area contributed by atoms with Gasteiger partial charge < -0.3 is 5.32 Å². The van der Waals surface area contributed by atoms with E-state index in [1.165, 1.54) is 17.7 Å². The molecule has 1 aliphatic carbocycles. The molecule has 0 radical (unpaired) electrons. The lowest BCUT2D eigenvalue weighted by Crippen LogP contribution is -2.34. The van der Waals surface area contributed by atoms with Crippen LogP contribution in [0, 0.1) is 5.82 Å². The maximum Gasteiger partial charge on any atom is 0.228 e. The Morgan fingerprint density at radius 2 is 1.88 bits per heavy atom. The Morgan fingerprint density at radius 1 is 1.08 bits per heavy atom. The van der Waals surface area contributed by atoms with Crippen molar-refractivity contribution in [2.75, 3.05) is 0 Å². The van der Waals surface area contributed by atoms with E-state index in [4.69, 9.17) is 0 Å². The van der Waals surface area contributed by atoms with Crippen LogP contribution in [0.3, 0.4) is 0 Å². The van der Waals surface area contributed by atoms with E-state index in [0.29, 0.717) is 0 Å². The summed E-state index contributed by atoms with van der Waals surface area (Å²) in [5.74, 6) is -0.353. The van der Waals surface area contributed by atoms with E-state index in [-0.39, 0.29) is 23.7 Å². The highest BCUT2D eigenvalue weighted by Crippen LogP contribution is 2.33. The Morgan fingerprint density at radius 3 is 2.65 bits per heavy atom. The Kier molecular flexibility index (Phi) is 4.85. The molecule has 1 aliphatic rings. The van der Waals surface area contributed by atoms with E-state index in [1.807, 2.05) is 29.6 Å². The molecule has 1 heterocycles. The largest absolute Gasteiger partial charge is 0.344 e. The standard InChI is InChI=1S/C22H20FNOS/c23-17-12-10-16(11-13-17)21(20-9-4-14-26-20)24-22(25)19-8-3-6-15-5-1-2-7-18(15)19/h1-2,4-5,7,9-14,19,21H,3,6,8H2,(H,24,25)/t19-,21+/m0/s1. The second-order valence-corrected chi connectivity index (χ2v) is 7.63. The average molecular weight is 365 g/mol. The quantitative estimate of drug-likeness (QED) is 0.675. The minimum Gasteiger partial charge on any atom is -0.344 e. The van der Waals surface area contributed by atoms with Gasteiger partial charge in [-0.1, -0.05) is 42.5 Å². The first kappa shape index (κ1) is 17.0. The fourth-order valence-electron chi connectivity index (χ4n) is 3.70. The molecular formula is C22H20FNOS. The number of hydrogen-bond donors (Lipinski definition) is 1. The molecule has 3 aromatic rings. The van der Waals surface area contributed by atoms with Gasteiger partial charge in [0.1, 0.15) is 5.82 Å². The maximum atomic E-state index is 13.3. The number of fused-ring (bicyclic) bond motifs is 1. The lowest BCUT2D eigenvalue weighted by atomic mass is 9.82. The van der Waals surface area contributed by atoms with Gasteiger partial charge in [-0.3, -0.25) is 4.79 Å². The zero-order valence-corrected chi connectivity index (χ0v) is 15.1. The Labute approximate surface area is 156 Å². The summed E-state index contributed by atoms with van der Waals surface area (Å²) in [6.07, 6.45) is 2.92. The number of aryl methyl sites for hydroxylation is 1. The number of benzene rings is 2. The van der Waals surface area contributed by atoms with Crippen LogP contribution in [-0.2, 0) is 11.2 Å². The first-order valence-corrected chi connectivity index (χ1v) is 9.77. The summed E-state index contributed by atoms with van der Waals surface area (Å²) in [5.41, 5.74) is 3.31. The van der Waals surface area contributed by atoms with E-state index < -0.39 is 0 Å². The van der Waals surface area contributed by atoms with E-state index in [1.54, 1.807) is 23.5 Å². The van der Waals surface area contributed by atoms with Crippen LogP contribution < -0.4 is 5.32 Å². The van der Waals surface area contributed by atoms with E-state index in [2.05, 4.69) is 17.4 Å². The van der Waals surface area contributed by atoms with Gasteiger partial charge in [-0.25, -0.2) is 4.39 Å². The second kappa shape index (κ2) is 7.42. The van der Waals surface area contributed by atoms with Crippen molar-refractivity contribution < 1.29 is 9.18 Å². The molecule has 1 amide bonds. The van der Waals surface area contributed by atoms with Crippen molar-refractivity contribution in [3.05, 3.63) is 93.4 Å². The van der Waals surface area contributed by atoms with Crippen LogP contribution in [-0.4, -0.2) is 5.91 Å². The molecule has 132 valence electrons. The van der Waals surface area contributed by atoms with Crippen molar-refractivity contribution in [2.24, 2.45) is 0 Å². The third kappa shape index (κ3) is 3.42. The number of carbonyl (C=O) groups is 1. The topological polar surface area (TPSA) is 29.1 Å². The zero-order valence-electron chi connectivity index (χ0n) is 14.3. The minimum atomic E-state index is -0.272. The summed E-state index contributed by atoms with van der Waals surface area (Å²) in [5, 5.41) is 5.21. The van der Waals surface area contributed by atoms with Crippen LogP contribution in [0.4, 0.5) is 4.39 Å². The Hall–Kier alpha value is -2.46. The summed E-state index contributed by atoms with van der Waals surface area (Å²) in [7, 11) is 0. The van der Waals surface area contributed by atoms with Gasteiger partial charge in [0, 0.05) is 4.88 Å². The van der Waals surface area contributed by atoms with Gasteiger partial charge in [-0.2, -0.15) is 0 Å². The number of hydrogen-bond acceptors (Lipinski definition) is 2. The van der Waals surface area contributed by atoms with Crippen molar-refractivity contribution in [3.63, 3.8) is 0 Å². The highest BCUT2D eigenvalue weighted by atomic mass is 32.1. The van der Waals surface area contributed by atoms with Gasteiger partial charge in [0.2, 0.25) is 5.91 Å². The number of thiophene rings is 1. The monoisotopic (exact) mass is 365 g/mol. The molecule has 1 aromatic heterocycles. The fourth-order valence-corrected chi connectivity index (χ4v) is 4.50. The molecular weight excluding hydrogens is 345 g/mol. The fraction of sp³-hybridized carbons (Fsp3) is 0.227. The third-order valence-corrected chi connectivity index (χ3v) is 5.94. The van der Waals surface area contributed by atoms with Gasteiger partial charge in [0.15, 0.2) is 0 Å². The molecule has 2 nitrogen and oxygen atoms in total. The van der Waals surface area contributed by atoms with Crippen LogP contribution in [0.1, 0.15) is 46.4 Å². The highest BCUT2D eigenvalue weighted by molar-refractivity contribution is 7.10. The summed E-state index contributed by atoms with van der Waals surface area (Å²) in [4.78, 5) is 14.2. The normalized spacial score (nSPS) is 17.3. The maximum absolute atomic E-state index is 13.3. The molecule has 0 fully saturated rings. The average Bonchev–Trinajstić information content (AvgIpc) is 3.21. The van der Waals surface area contributed by atoms with E-state index in [0.717, 1.165) is 35.3 Å². The summed E-state index contributed by atoms with van der Waals surface area (Å²) >= 11 is 1.60. The molecule has 0 spiro atoms. The number of carbonyl (C=O) groups excluding carboxylic acids is 1. The van der Waals surface area contributed by atoms with Crippen LogP contribution >= 0.6 is 11.3 Å². The first-order valence-electron chi connectivity index (χ1n) is 8.89. The summed E-state index contributed by atoms with van der Waals surface area (Å²) in [6, 6.07) is 18.3. The van der Waals surface area contributed by atoms with Crippen molar-refractivity contribution in [3.8, 4) is 0 Å². The molecule has 2 atom stereocenters. The van der Waals surface area contributed by atoms with E-state index >= 15 is 0 Å². The van der Waals surface area contributed by atoms with Crippen molar-refractivity contribution >= 4 is 17.2 Å². The summed E-state index contributed by atoms with van der Waals surface area (Å²) in [6.45, 7) is 0. The second-order valence-electron chi connectivity index (χ2n) is 6.65. The molecule has 26 heavy (non-hydrogen) atoms. The predicted molar refractivity (Wildman–Crippen MR) is 103 cm³/mol. The number of rotatable bonds is 4. The zero-order chi connectivity index (χ0) is 17.9. The molecule has 4 rings (SSSR count). The third-order valence-electron chi connectivity index (χ3n) is 5.00. The van der Waals surface area contributed by atoms with Crippen LogP contribution in [0.2, 0.25) is 0 Å². The van der Waals surface area contributed by atoms with E-state index in [9.17, 15) is 9.18 Å². The molecule has 1 N–H and O–H groups in total. The molecule has 0 saturated heterocycles. The molecule has 0 saturated carbocycles. The molecule has 2 aromatic carbocycles. The van der Waals surface area contributed by atoms with Gasteiger partial charge in [0.25, 0.3) is 0 Å². The van der Waals surface area contributed by atoms with Crippen LogP contribution in [0.5, 0.6) is 0 Å². The number of nitrogens with one attached hydrogen (secondary N) is 1. The van der Waals surface area contributed by atoms with Crippen molar-refractivity contribution in [1.82, 2.24) is 5.32 Å². The predicted octanol–water partition coefficient (Wildman–Crippen LogP) is 5.21. The van der Waals surface area contributed by atoms with Gasteiger partial charge in [0.05, 0.1) is 12.0 Å².